The highest BCUT2D eigenvalue weighted by Gasteiger charge is 2.08. The van der Waals surface area contributed by atoms with Crippen LogP contribution in [0.1, 0.15) is 19.2 Å². The fraction of sp³-hybridized carbons (Fsp3) is 0.357. The van der Waals surface area contributed by atoms with Crippen LogP contribution in [-0.2, 0) is 6.42 Å². The molecule has 1 heterocycles. The van der Waals surface area contributed by atoms with Crippen LogP contribution in [0.25, 0.3) is 11.3 Å². The molecule has 1 aromatic carbocycles. The third-order valence-electron chi connectivity index (χ3n) is 2.69. The Kier molecular flexibility index (Phi) is 4.79. The first-order chi connectivity index (χ1) is 8.81. The molecule has 0 aliphatic heterocycles. The predicted octanol–water partition coefficient (Wildman–Crippen LogP) is 3.54. The van der Waals surface area contributed by atoms with Crippen LogP contribution in [-0.4, -0.2) is 18.1 Å². The van der Waals surface area contributed by atoms with Crippen molar-refractivity contribution >= 4 is 11.6 Å². The van der Waals surface area contributed by atoms with E-state index in [1.807, 2.05) is 24.3 Å². The molecule has 0 bridgehead atoms. The molecule has 0 saturated heterocycles. The van der Waals surface area contributed by atoms with Gasteiger partial charge in [0.15, 0.2) is 11.7 Å². The van der Waals surface area contributed by atoms with Gasteiger partial charge in [-0.2, -0.15) is 0 Å². The SMILES string of the molecule is CCNCCCc1ncc(-c2ccccc2Cl)o1. The number of hydrogen-bond donors (Lipinski definition) is 1. The van der Waals surface area contributed by atoms with Gasteiger partial charge < -0.3 is 9.73 Å². The fourth-order valence-corrected chi connectivity index (χ4v) is 1.98. The van der Waals surface area contributed by atoms with Gasteiger partial charge in [0.05, 0.1) is 11.2 Å². The maximum absolute atomic E-state index is 6.12. The number of aryl methyl sites for hydroxylation is 1. The zero-order valence-corrected chi connectivity index (χ0v) is 11.2. The molecule has 0 atom stereocenters. The lowest BCUT2D eigenvalue weighted by Crippen LogP contribution is -2.14. The van der Waals surface area contributed by atoms with Crippen LogP contribution in [0, 0.1) is 0 Å². The van der Waals surface area contributed by atoms with Crippen molar-refractivity contribution in [3.8, 4) is 11.3 Å². The van der Waals surface area contributed by atoms with Gasteiger partial charge in [-0.15, -0.1) is 0 Å². The van der Waals surface area contributed by atoms with Crippen molar-refractivity contribution in [1.29, 1.82) is 0 Å². The number of halogens is 1. The zero-order chi connectivity index (χ0) is 12.8. The van der Waals surface area contributed by atoms with Gasteiger partial charge in [-0.25, -0.2) is 4.98 Å². The van der Waals surface area contributed by atoms with Crippen LogP contribution >= 0.6 is 11.6 Å². The highest BCUT2D eigenvalue weighted by atomic mass is 35.5. The predicted molar refractivity (Wildman–Crippen MR) is 73.8 cm³/mol. The van der Waals surface area contributed by atoms with Crippen LogP contribution in [0.5, 0.6) is 0 Å². The lowest BCUT2D eigenvalue weighted by molar-refractivity contribution is 0.493. The second-order valence-corrected chi connectivity index (χ2v) is 4.46. The molecule has 0 amide bonds. The van der Waals surface area contributed by atoms with E-state index in [0.29, 0.717) is 5.02 Å². The summed E-state index contributed by atoms with van der Waals surface area (Å²) in [5, 5.41) is 3.96. The minimum Gasteiger partial charge on any atom is -0.441 e. The highest BCUT2D eigenvalue weighted by molar-refractivity contribution is 6.33. The Balaban J connectivity index is 2.00. The van der Waals surface area contributed by atoms with Crippen molar-refractivity contribution in [3.05, 3.63) is 41.4 Å². The van der Waals surface area contributed by atoms with Gasteiger partial charge in [0, 0.05) is 12.0 Å². The minimum atomic E-state index is 0.688. The molecule has 0 saturated carbocycles. The van der Waals surface area contributed by atoms with E-state index in [-0.39, 0.29) is 0 Å². The summed E-state index contributed by atoms with van der Waals surface area (Å²) in [6, 6.07) is 7.63. The van der Waals surface area contributed by atoms with Gasteiger partial charge >= 0.3 is 0 Å². The van der Waals surface area contributed by atoms with Gasteiger partial charge in [-0.05, 0) is 31.6 Å². The van der Waals surface area contributed by atoms with E-state index in [9.17, 15) is 0 Å². The lowest BCUT2D eigenvalue weighted by Gasteiger charge is -2.00. The number of nitrogens with one attached hydrogen (secondary N) is 1. The third-order valence-corrected chi connectivity index (χ3v) is 3.02. The molecular weight excluding hydrogens is 248 g/mol. The Hall–Kier alpha value is -1.32. The number of oxazole rings is 1. The number of benzene rings is 1. The maximum atomic E-state index is 6.12. The molecule has 18 heavy (non-hydrogen) atoms. The first-order valence-electron chi connectivity index (χ1n) is 6.21. The molecule has 0 aliphatic carbocycles. The van der Waals surface area contributed by atoms with E-state index in [2.05, 4.69) is 17.2 Å². The summed E-state index contributed by atoms with van der Waals surface area (Å²) >= 11 is 6.12. The summed E-state index contributed by atoms with van der Waals surface area (Å²) < 4.78 is 5.71. The molecule has 96 valence electrons. The second-order valence-electron chi connectivity index (χ2n) is 4.06. The van der Waals surface area contributed by atoms with E-state index < -0.39 is 0 Å². The summed E-state index contributed by atoms with van der Waals surface area (Å²) in [4.78, 5) is 4.28. The molecule has 2 aromatic rings. The smallest absolute Gasteiger partial charge is 0.194 e. The van der Waals surface area contributed by atoms with Crippen molar-refractivity contribution in [2.24, 2.45) is 0 Å². The van der Waals surface area contributed by atoms with E-state index in [1.54, 1.807) is 6.20 Å². The Morgan fingerprint density at radius 1 is 1.33 bits per heavy atom. The minimum absolute atomic E-state index is 0.688. The van der Waals surface area contributed by atoms with E-state index in [4.69, 9.17) is 16.0 Å². The molecule has 0 spiro atoms. The largest absolute Gasteiger partial charge is 0.441 e. The van der Waals surface area contributed by atoms with Gasteiger partial charge in [0.2, 0.25) is 0 Å². The summed E-state index contributed by atoms with van der Waals surface area (Å²) in [6.07, 6.45) is 3.61. The standard InChI is InChI=1S/C14H17ClN2O/c1-2-16-9-5-8-14-17-10-13(18-14)11-6-3-4-7-12(11)15/h3-4,6-7,10,16H,2,5,8-9H2,1H3. The van der Waals surface area contributed by atoms with Crippen molar-refractivity contribution in [2.45, 2.75) is 19.8 Å². The number of nitrogens with zero attached hydrogens (tertiary/aromatic N) is 1. The van der Waals surface area contributed by atoms with Crippen LogP contribution in [0.2, 0.25) is 5.02 Å². The normalized spacial score (nSPS) is 10.8. The van der Waals surface area contributed by atoms with Gasteiger partial charge in [-0.1, -0.05) is 30.7 Å². The van der Waals surface area contributed by atoms with E-state index in [0.717, 1.165) is 43.1 Å². The summed E-state index contributed by atoms with van der Waals surface area (Å²) in [5.41, 5.74) is 0.893. The number of hydrogen-bond acceptors (Lipinski definition) is 3. The molecule has 4 heteroatoms. The average Bonchev–Trinajstić information content (AvgIpc) is 2.84. The zero-order valence-electron chi connectivity index (χ0n) is 10.4. The number of rotatable bonds is 6. The molecule has 0 radical (unpaired) electrons. The second kappa shape index (κ2) is 6.57. The molecule has 0 fully saturated rings. The van der Waals surface area contributed by atoms with Gasteiger partial charge in [0.25, 0.3) is 0 Å². The van der Waals surface area contributed by atoms with Crippen molar-refractivity contribution in [3.63, 3.8) is 0 Å². The van der Waals surface area contributed by atoms with Crippen LogP contribution in [0.4, 0.5) is 0 Å². The summed E-state index contributed by atoms with van der Waals surface area (Å²) in [6.45, 7) is 4.08. The maximum Gasteiger partial charge on any atom is 0.194 e. The molecule has 1 aromatic heterocycles. The molecule has 1 N–H and O–H groups in total. The van der Waals surface area contributed by atoms with E-state index >= 15 is 0 Å². The first-order valence-corrected chi connectivity index (χ1v) is 6.59. The Labute approximate surface area is 112 Å². The Bertz CT molecular complexity index is 496. The summed E-state index contributed by atoms with van der Waals surface area (Å²) in [7, 11) is 0. The molecule has 3 nitrogen and oxygen atoms in total. The Morgan fingerprint density at radius 2 is 2.17 bits per heavy atom. The molecule has 0 unspecified atom stereocenters. The molecule has 2 rings (SSSR count). The third kappa shape index (κ3) is 3.34. The molecule has 0 aliphatic rings. The van der Waals surface area contributed by atoms with Crippen molar-refractivity contribution in [2.75, 3.05) is 13.1 Å². The van der Waals surface area contributed by atoms with Crippen molar-refractivity contribution in [1.82, 2.24) is 10.3 Å². The molecular formula is C14H17ClN2O. The average molecular weight is 265 g/mol. The van der Waals surface area contributed by atoms with Crippen LogP contribution in [0.15, 0.2) is 34.9 Å². The lowest BCUT2D eigenvalue weighted by atomic mass is 10.2. The van der Waals surface area contributed by atoms with Gasteiger partial charge in [0.1, 0.15) is 0 Å². The fourth-order valence-electron chi connectivity index (χ4n) is 1.75. The monoisotopic (exact) mass is 264 g/mol. The highest BCUT2D eigenvalue weighted by Crippen LogP contribution is 2.28. The summed E-state index contributed by atoms with van der Waals surface area (Å²) in [5.74, 6) is 1.50. The van der Waals surface area contributed by atoms with Crippen LogP contribution < -0.4 is 5.32 Å². The Morgan fingerprint density at radius 3 is 2.94 bits per heavy atom. The first kappa shape index (κ1) is 13.1. The van der Waals surface area contributed by atoms with Crippen LogP contribution in [0.3, 0.4) is 0 Å². The van der Waals surface area contributed by atoms with Crippen molar-refractivity contribution < 1.29 is 4.42 Å². The topological polar surface area (TPSA) is 38.1 Å². The van der Waals surface area contributed by atoms with E-state index in [1.165, 1.54) is 0 Å². The van der Waals surface area contributed by atoms with Gasteiger partial charge in [-0.3, -0.25) is 0 Å². The quantitative estimate of drug-likeness (QED) is 0.811. The number of aromatic nitrogens is 1.